The average Bonchev–Trinajstić information content (AvgIpc) is 2.28. The summed E-state index contributed by atoms with van der Waals surface area (Å²) in [4.78, 5) is 4.05. The lowest BCUT2D eigenvalue weighted by atomic mass is 9.83. The van der Waals surface area contributed by atoms with Gasteiger partial charge in [-0.3, -0.25) is 0 Å². The Labute approximate surface area is 108 Å². The van der Waals surface area contributed by atoms with Crippen LogP contribution in [0.1, 0.15) is 26.7 Å². The van der Waals surface area contributed by atoms with E-state index in [2.05, 4.69) is 18.8 Å². The van der Waals surface area contributed by atoms with Gasteiger partial charge in [0.05, 0.1) is 4.90 Å². The van der Waals surface area contributed by atoms with E-state index in [9.17, 15) is 8.42 Å². The summed E-state index contributed by atoms with van der Waals surface area (Å²) < 4.78 is 26.3. The number of rotatable bonds is 2. The summed E-state index contributed by atoms with van der Waals surface area (Å²) in [7, 11) is -3.42. The van der Waals surface area contributed by atoms with E-state index in [0.29, 0.717) is 13.1 Å². The van der Waals surface area contributed by atoms with Crippen LogP contribution in [0.3, 0.4) is 0 Å². The van der Waals surface area contributed by atoms with Crippen molar-refractivity contribution in [2.24, 2.45) is 5.41 Å². The lowest BCUT2D eigenvalue weighted by Crippen LogP contribution is -2.41. The fraction of sp³-hybridized carbons (Fsp3) is 0.583. The van der Waals surface area contributed by atoms with Gasteiger partial charge in [-0.1, -0.05) is 13.8 Å². The van der Waals surface area contributed by atoms with E-state index >= 15 is 0 Å². The third-order valence-corrected chi connectivity index (χ3v) is 5.36. The minimum Gasteiger partial charge on any atom is -0.384 e. The Morgan fingerprint density at radius 1 is 1.33 bits per heavy atom. The van der Waals surface area contributed by atoms with Crippen molar-refractivity contribution in [1.29, 1.82) is 0 Å². The Bertz CT molecular complexity index is 530. The van der Waals surface area contributed by atoms with Crippen molar-refractivity contribution < 1.29 is 8.42 Å². The molecule has 1 aliphatic rings. The molecule has 0 radical (unpaired) electrons. The fourth-order valence-electron chi connectivity index (χ4n) is 2.07. The molecule has 100 valence electrons. The lowest BCUT2D eigenvalue weighted by Gasteiger charge is -2.36. The molecule has 0 amide bonds. The highest BCUT2D eigenvalue weighted by molar-refractivity contribution is 7.89. The minimum absolute atomic E-state index is 0.225. The van der Waals surface area contributed by atoms with E-state index in [1.807, 2.05) is 0 Å². The van der Waals surface area contributed by atoms with Crippen LogP contribution in [-0.4, -0.2) is 30.8 Å². The van der Waals surface area contributed by atoms with Gasteiger partial charge in [-0.05, 0) is 24.3 Å². The molecule has 2 N–H and O–H groups in total. The molecule has 2 rings (SSSR count). The van der Waals surface area contributed by atoms with Gasteiger partial charge in [0.1, 0.15) is 5.82 Å². The van der Waals surface area contributed by atoms with Crippen LogP contribution in [-0.2, 0) is 10.0 Å². The smallest absolute Gasteiger partial charge is 0.243 e. The SMILES string of the molecule is CC1(C)CCN(S(=O)(=O)c2ccnc(N)c2)CC1. The predicted molar refractivity (Wildman–Crippen MR) is 70.4 cm³/mol. The molecule has 6 heteroatoms. The Kier molecular flexibility index (Phi) is 3.33. The van der Waals surface area contributed by atoms with Crippen molar-refractivity contribution in [3.8, 4) is 0 Å². The molecule has 0 saturated carbocycles. The highest BCUT2D eigenvalue weighted by atomic mass is 32.2. The van der Waals surface area contributed by atoms with Crippen LogP contribution in [0.5, 0.6) is 0 Å². The molecule has 1 aromatic heterocycles. The van der Waals surface area contributed by atoms with E-state index in [1.165, 1.54) is 22.6 Å². The molecule has 0 aliphatic carbocycles. The standard InChI is InChI=1S/C12H19N3O2S/c1-12(2)4-7-15(8-5-12)18(16,17)10-3-6-14-11(13)9-10/h3,6,9H,4-5,7-8H2,1-2H3,(H2,13,14). The number of hydrogen-bond donors (Lipinski definition) is 1. The third kappa shape index (κ3) is 2.64. The molecule has 18 heavy (non-hydrogen) atoms. The van der Waals surface area contributed by atoms with E-state index in [0.717, 1.165) is 12.8 Å². The summed E-state index contributed by atoms with van der Waals surface area (Å²) in [5, 5.41) is 0. The number of anilines is 1. The first-order valence-electron chi connectivity index (χ1n) is 6.03. The topological polar surface area (TPSA) is 76.3 Å². The molecule has 1 fully saturated rings. The molecule has 0 spiro atoms. The first-order valence-corrected chi connectivity index (χ1v) is 7.47. The van der Waals surface area contributed by atoms with Gasteiger partial charge in [-0.15, -0.1) is 0 Å². The Hall–Kier alpha value is -1.14. The van der Waals surface area contributed by atoms with Gasteiger partial charge in [-0.25, -0.2) is 13.4 Å². The van der Waals surface area contributed by atoms with Crippen molar-refractivity contribution in [2.75, 3.05) is 18.8 Å². The van der Waals surface area contributed by atoms with Gasteiger partial charge < -0.3 is 5.73 Å². The van der Waals surface area contributed by atoms with Crippen LogP contribution in [0.25, 0.3) is 0 Å². The van der Waals surface area contributed by atoms with Crippen LogP contribution in [0.15, 0.2) is 23.2 Å². The molecule has 0 aromatic carbocycles. The minimum atomic E-state index is -3.42. The molecule has 2 heterocycles. The Balaban J connectivity index is 2.23. The van der Waals surface area contributed by atoms with Gasteiger partial charge in [0.25, 0.3) is 0 Å². The summed E-state index contributed by atoms with van der Waals surface area (Å²) in [5.41, 5.74) is 5.76. The van der Waals surface area contributed by atoms with Gasteiger partial charge in [0.15, 0.2) is 0 Å². The van der Waals surface area contributed by atoms with E-state index in [1.54, 1.807) is 0 Å². The van der Waals surface area contributed by atoms with E-state index in [4.69, 9.17) is 5.73 Å². The summed E-state index contributed by atoms with van der Waals surface area (Å²) in [6.07, 6.45) is 3.19. The molecule has 1 aromatic rings. The fourth-order valence-corrected chi connectivity index (χ4v) is 3.53. The zero-order chi connectivity index (χ0) is 13.4. The van der Waals surface area contributed by atoms with Crippen LogP contribution >= 0.6 is 0 Å². The predicted octanol–water partition coefficient (Wildman–Crippen LogP) is 1.47. The van der Waals surface area contributed by atoms with E-state index < -0.39 is 10.0 Å². The number of nitrogens with zero attached hydrogens (tertiary/aromatic N) is 2. The van der Waals surface area contributed by atoms with E-state index in [-0.39, 0.29) is 16.1 Å². The highest BCUT2D eigenvalue weighted by Gasteiger charge is 2.32. The third-order valence-electron chi connectivity index (χ3n) is 3.47. The van der Waals surface area contributed by atoms with Gasteiger partial charge >= 0.3 is 0 Å². The maximum Gasteiger partial charge on any atom is 0.243 e. The average molecular weight is 269 g/mol. The second-order valence-corrected chi connectivity index (χ2v) is 7.42. The molecular weight excluding hydrogens is 250 g/mol. The molecular formula is C12H19N3O2S. The lowest BCUT2D eigenvalue weighted by molar-refractivity contribution is 0.196. The molecule has 1 saturated heterocycles. The van der Waals surface area contributed by atoms with Crippen LogP contribution < -0.4 is 5.73 Å². The quantitative estimate of drug-likeness (QED) is 0.882. The number of sulfonamides is 1. The highest BCUT2D eigenvalue weighted by Crippen LogP contribution is 2.32. The van der Waals surface area contributed by atoms with Gasteiger partial charge in [-0.2, -0.15) is 4.31 Å². The summed E-state index contributed by atoms with van der Waals surface area (Å²) in [5.74, 6) is 0.230. The maximum absolute atomic E-state index is 12.4. The van der Waals surface area contributed by atoms with Gasteiger partial charge in [0.2, 0.25) is 10.0 Å². The second-order valence-electron chi connectivity index (χ2n) is 5.48. The number of piperidine rings is 1. The summed E-state index contributed by atoms with van der Waals surface area (Å²) in [6, 6.07) is 2.90. The maximum atomic E-state index is 12.4. The zero-order valence-corrected chi connectivity index (χ0v) is 11.6. The number of nitrogens with two attached hydrogens (primary N) is 1. The first kappa shape index (κ1) is 13.3. The molecule has 0 bridgehead atoms. The molecule has 1 aliphatic heterocycles. The van der Waals surface area contributed by atoms with Crippen molar-refractivity contribution in [3.05, 3.63) is 18.3 Å². The molecule has 5 nitrogen and oxygen atoms in total. The van der Waals surface area contributed by atoms with Crippen molar-refractivity contribution >= 4 is 15.8 Å². The van der Waals surface area contributed by atoms with Crippen LogP contribution in [0.4, 0.5) is 5.82 Å². The molecule has 0 atom stereocenters. The van der Waals surface area contributed by atoms with Crippen molar-refractivity contribution in [3.63, 3.8) is 0 Å². The summed E-state index contributed by atoms with van der Waals surface area (Å²) in [6.45, 7) is 5.47. The van der Waals surface area contributed by atoms with Crippen molar-refractivity contribution in [2.45, 2.75) is 31.6 Å². The Morgan fingerprint density at radius 2 is 1.94 bits per heavy atom. The number of aromatic nitrogens is 1. The first-order chi connectivity index (χ1) is 8.31. The number of hydrogen-bond acceptors (Lipinski definition) is 4. The second kappa shape index (κ2) is 4.51. The van der Waals surface area contributed by atoms with Crippen LogP contribution in [0, 0.1) is 5.41 Å². The monoisotopic (exact) mass is 269 g/mol. The van der Waals surface area contributed by atoms with Crippen molar-refractivity contribution in [1.82, 2.24) is 9.29 Å². The zero-order valence-electron chi connectivity index (χ0n) is 10.8. The normalized spacial score (nSPS) is 20.8. The largest absolute Gasteiger partial charge is 0.384 e. The number of nitrogen functional groups attached to an aromatic ring is 1. The van der Waals surface area contributed by atoms with Crippen LogP contribution in [0.2, 0.25) is 0 Å². The Morgan fingerprint density at radius 3 is 2.50 bits per heavy atom. The van der Waals surface area contributed by atoms with Gasteiger partial charge in [0, 0.05) is 25.4 Å². The number of pyridine rings is 1. The summed E-state index contributed by atoms with van der Waals surface area (Å²) >= 11 is 0. The molecule has 0 unspecified atom stereocenters.